The molecule has 7 heteroatoms. The van der Waals surface area contributed by atoms with Gasteiger partial charge in [0.2, 0.25) is 11.8 Å². The topological polar surface area (TPSA) is 95.9 Å². The Labute approximate surface area is 183 Å². The minimum Gasteiger partial charge on any atom is -0.497 e. The van der Waals surface area contributed by atoms with Crippen LogP contribution in [0.25, 0.3) is 0 Å². The first-order valence-corrected chi connectivity index (χ1v) is 11.4. The molecule has 168 valence electrons. The first-order chi connectivity index (χ1) is 14.9. The molecule has 1 heterocycles. The van der Waals surface area contributed by atoms with Crippen molar-refractivity contribution in [2.24, 2.45) is 17.3 Å². The van der Waals surface area contributed by atoms with E-state index in [1.165, 1.54) is 0 Å². The lowest BCUT2D eigenvalue weighted by molar-refractivity contribution is -0.141. The van der Waals surface area contributed by atoms with Crippen LogP contribution in [0.15, 0.2) is 24.3 Å². The Balaban J connectivity index is 1.54. The Kier molecular flexibility index (Phi) is 6.32. The number of Topliss-reactive ketones (excluding diaryl/α,β-unsaturated/α-hetero) is 1. The van der Waals surface area contributed by atoms with E-state index in [0.717, 1.165) is 38.5 Å². The van der Waals surface area contributed by atoms with Crippen LogP contribution in [0.3, 0.4) is 0 Å². The highest BCUT2D eigenvalue weighted by Crippen LogP contribution is 2.55. The number of benzene rings is 1. The molecule has 2 saturated carbocycles. The third kappa shape index (κ3) is 4.76. The number of methoxy groups -OCH3 is 1. The van der Waals surface area contributed by atoms with E-state index >= 15 is 0 Å². The summed E-state index contributed by atoms with van der Waals surface area (Å²) in [6, 6.07) is 6.52. The van der Waals surface area contributed by atoms with Gasteiger partial charge in [-0.15, -0.1) is 0 Å². The summed E-state index contributed by atoms with van der Waals surface area (Å²) in [6.45, 7) is 0.584. The predicted molar refractivity (Wildman–Crippen MR) is 114 cm³/mol. The molecule has 4 rings (SSSR count). The van der Waals surface area contributed by atoms with Crippen LogP contribution in [-0.4, -0.2) is 47.4 Å². The molecule has 1 saturated heterocycles. The van der Waals surface area contributed by atoms with Gasteiger partial charge in [-0.25, -0.2) is 5.48 Å². The molecule has 2 atom stereocenters. The second-order valence-corrected chi connectivity index (χ2v) is 9.60. The van der Waals surface area contributed by atoms with Gasteiger partial charge in [0.25, 0.3) is 0 Å². The number of rotatable bonds is 8. The monoisotopic (exact) mass is 428 g/mol. The standard InChI is InChI=1S/C24H32N2O5/c1-31-19-8-6-17(7-9-19)22(28)20-14-24(10-11-24)15-26(20)23(29)18(13-21(27)25-30)12-16-4-2-3-5-16/h6-9,16,18,20,30H,2-5,10-15H2,1H3,(H,25,27)/t18-,20+/m1/s1. The Hall–Kier alpha value is -2.41. The van der Waals surface area contributed by atoms with Gasteiger partial charge < -0.3 is 9.64 Å². The van der Waals surface area contributed by atoms with Gasteiger partial charge in [-0.05, 0) is 61.3 Å². The summed E-state index contributed by atoms with van der Waals surface area (Å²) in [5.74, 6) is -0.114. The van der Waals surface area contributed by atoms with Crippen LogP contribution in [0.2, 0.25) is 0 Å². The van der Waals surface area contributed by atoms with Crippen molar-refractivity contribution >= 4 is 17.6 Å². The van der Waals surface area contributed by atoms with Crippen molar-refractivity contribution in [1.82, 2.24) is 10.4 Å². The smallest absolute Gasteiger partial charge is 0.244 e. The van der Waals surface area contributed by atoms with Gasteiger partial charge in [0.15, 0.2) is 5.78 Å². The highest BCUT2D eigenvalue weighted by molar-refractivity contribution is 6.03. The van der Waals surface area contributed by atoms with Crippen LogP contribution < -0.4 is 10.2 Å². The number of nitrogens with zero attached hydrogens (tertiary/aromatic N) is 1. The number of carbonyl (C=O) groups excluding carboxylic acids is 3. The third-order valence-corrected chi connectivity index (χ3v) is 7.42. The molecule has 3 aliphatic rings. The lowest BCUT2D eigenvalue weighted by Crippen LogP contribution is -2.45. The summed E-state index contributed by atoms with van der Waals surface area (Å²) in [5.41, 5.74) is 2.30. The molecule has 0 radical (unpaired) electrons. The molecule has 31 heavy (non-hydrogen) atoms. The Morgan fingerprint density at radius 3 is 2.45 bits per heavy atom. The Morgan fingerprint density at radius 2 is 1.87 bits per heavy atom. The van der Waals surface area contributed by atoms with Crippen molar-refractivity contribution in [3.05, 3.63) is 29.8 Å². The largest absolute Gasteiger partial charge is 0.497 e. The maximum Gasteiger partial charge on any atom is 0.244 e. The maximum absolute atomic E-state index is 13.6. The van der Waals surface area contributed by atoms with Gasteiger partial charge in [0, 0.05) is 24.4 Å². The fraction of sp³-hybridized carbons (Fsp3) is 0.625. The molecule has 1 aromatic carbocycles. The third-order valence-electron chi connectivity index (χ3n) is 7.42. The van der Waals surface area contributed by atoms with E-state index in [-0.39, 0.29) is 23.5 Å². The number of hydrogen-bond donors (Lipinski definition) is 2. The number of ether oxygens (including phenoxy) is 1. The number of ketones is 1. The molecule has 1 spiro atoms. The molecular formula is C24H32N2O5. The van der Waals surface area contributed by atoms with E-state index < -0.39 is 17.9 Å². The molecule has 1 aromatic rings. The van der Waals surface area contributed by atoms with Crippen molar-refractivity contribution < 1.29 is 24.3 Å². The normalized spacial score (nSPS) is 23.0. The van der Waals surface area contributed by atoms with Crippen LogP contribution >= 0.6 is 0 Å². The Morgan fingerprint density at radius 1 is 1.19 bits per heavy atom. The summed E-state index contributed by atoms with van der Waals surface area (Å²) in [4.78, 5) is 40.7. The van der Waals surface area contributed by atoms with Crippen LogP contribution in [0.4, 0.5) is 0 Å². The lowest BCUT2D eigenvalue weighted by atomic mass is 9.89. The van der Waals surface area contributed by atoms with E-state index in [9.17, 15) is 14.4 Å². The van der Waals surface area contributed by atoms with Crippen molar-refractivity contribution in [2.45, 2.75) is 63.8 Å². The first kappa shape index (κ1) is 21.8. The summed E-state index contributed by atoms with van der Waals surface area (Å²) in [7, 11) is 1.58. The van der Waals surface area contributed by atoms with Gasteiger partial charge in [0.1, 0.15) is 5.75 Å². The van der Waals surface area contributed by atoms with Crippen molar-refractivity contribution in [3.63, 3.8) is 0 Å². The summed E-state index contributed by atoms with van der Waals surface area (Å²) in [5, 5.41) is 9.03. The first-order valence-electron chi connectivity index (χ1n) is 11.4. The van der Waals surface area contributed by atoms with Crippen LogP contribution in [0.5, 0.6) is 5.75 Å². The minimum absolute atomic E-state index is 0.0429. The molecule has 7 nitrogen and oxygen atoms in total. The Bertz CT molecular complexity index is 827. The maximum atomic E-state index is 13.6. The zero-order valence-corrected chi connectivity index (χ0v) is 18.1. The molecule has 0 unspecified atom stereocenters. The second-order valence-electron chi connectivity index (χ2n) is 9.60. The van der Waals surface area contributed by atoms with Crippen LogP contribution in [0, 0.1) is 17.3 Å². The number of amides is 2. The van der Waals surface area contributed by atoms with Gasteiger partial charge in [-0.1, -0.05) is 25.7 Å². The molecular weight excluding hydrogens is 396 g/mol. The molecule has 3 fully saturated rings. The van der Waals surface area contributed by atoms with Gasteiger partial charge >= 0.3 is 0 Å². The highest BCUT2D eigenvalue weighted by Gasteiger charge is 2.55. The van der Waals surface area contributed by atoms with Crippen molar-refractivity contribution in [1.29, 1.82) is 0 Å². The quantitative estimate of drug-likeness (QED) is 0.376. The molecule has 1 aliphatic heterocycles. The molecule has 0 bridgehead atoms. The molecule has 2 amide bonds. The molecule has 2 aliphatic carbocycles. The molecule has 0 aromatic heterocycles. The van der Waals surface area contributed by atoms with E-state index in [0.29, 0.717) is 36.6 Å². The summed E-state index contributed by atoms with van der Waals surface area (Å²) < 4.78 is 5.19. The SMILES string of the molecule is COc1ccc(C(=O)[C@@H]2CC3(CC3)CN2C(=O)[C@@H](CC(=O)NO)CC2CCCC2)cc1. The number of carbonyl (C=O) groups is 3. The van der Waals surface area contributed by atoms with Crippen LogP contribution in [-0.2, 0) is 9.59 Å². The van der Waals surface area contributed by atoms with E-state index in [2.05, 4.69) is 0 Å². The number of likely N-dealkylation sites (tertiary alicyclic amines) is 1. The van der Waals surface area contributed by atoms with Gasteiger partial charge in [-0.2, -0.15) is 0 Å². The van der Waals surface area contributed by atoms with Crippen molar-refractivity contribution in [2.75, 3.05) is 13.7 Å². The predicted octanol–water partition coefficient (Wildman–Crippen LogP) is 3.35. The molecule has 2 N–H and O–H groups in total. The zero-order valence-electron chi connectivity index (χ0n) is 18.1. The fourth-order valence-corrected chi connectivity index (χ4v) is 5.43. The number of nitrogens with one attached hydrogen (secondary N) is 1. The zero-order chi connectivity index (χ0) is 22.0. The van der Waals surface area contributed by atoms with Crippen LogP contribution in [0.1, 0.15) is 68.1 Å². The lowest BCUT2D eigenvalue weighted by Gasteiger charge is -2.29. The number of hydrogen-bond acceptors (Lipinski definition) is 5. The average Bonchev–Trinajstić information content (AvgIpc) is 3.17. The van der Waals surface area contributed by atoms with E-state index in [1.54, 1.807) is 41.8 Å². The van der Waals surface area contributed by atoms with E-state index in [4.69, 9.17) is 9.94 Å². The average molecular weight is 429 g/mol. The number of hydroxylamine groups is 1. The summed E-state index contributed by atoms with van der Waals surface area (Å²) in [6.07, 6.45) is 7.81. The fourth-order valence-electron chi connectivity index (χ4n) is 5.43. The highest BCUT2D eigenvalue weighted by atomic mass is 16.5. The second kappa shape index (κ2) is 8.99. The summed E-state index contributed by atoms with van der Waals surface area (Å²) >= 11 is 0. The van der Waals surface area contributed by atoms with Crippen molar-refractivity contribution in [3.8, 4) is 5.75 Å². The minimum atomic E-state index is -0.547. The van der Waals surface area contributed by atoms with Gasteiger partial charge in [-0.3, -0.25) is 19.6 Å². The van der Waals surface area contributed by atoms with Gasteiger partial charge in [0.05, 0.1) is 13.2 Å². The van der Waals surface area contributed by atoms with E-state index in [1.807, 2.05) is 0 Å².